The van der Waals surface area contributed by atoms with E-state index >= 15 is 0 Å². The SMILES string of the molecule is CC1CCC2C(CCC3C2CCC2(C)C(C(C)C(C)(F)F)CC[C@@H]32)C1. The van der Waals surface area contributed by atoms with Gasteiger partial charge in [0.15, 0.2) is 0 Å². The first-order valence-electron chi connectivity index (χ1n) is 11.1. The minimum absolute atomic E-state index is 0.175. The van der Waals surface area contributed by atoms with Crippen LogP contribution < -0.4 is 0 Å². The van der Waals surface area contributed by atoms with Gasteiger partial charge in [0.1, 0.15) is 0 Å². The Labute approximate surface area is 153 Å². The van der Waals surface area contributed by atoms with E-state index in [2.05, 4.69) is 13.8 Å². The fraction of sp³-hybridized carbons (Fsp3) is 1.00. The number of rotatable bonds is 2. The van der Waals surface area contributed by atoms with E-state index in [-0.39, 0.29) is 11.3 Å². The summed E-state index contributed by atoms with van der Waals surface area (Å²) < 4.78 is 28.2. The summed E-state index contributed by atoms with van der Waals surface area (Å²) in [4.78, 5) is 0. The minimum atomic E-state index is -2.53. The first-order valence-corrected chi connectivity index (χ1v) is 11.1. The summed E-state index contributed by atoms with van der Waals surface area (Å²) in [5, 5.41) is 0. The molecule has 4 fully saturated rings. The van der Waals surface area contributed by atoms with Crippen LogP contribution in [0.25, 0.3) is 0 Å². The summed E-state index contributed by atoms with van der Waals surface area (Å²) in [6, 6.07) is 0. The van der Waals surface area contributed by atoms with Crippen molar-refractivity contribution in [3.05, 3.63) is 0 Å². The first-order chi connectivity index (χ1) is 11.7. The highest BCUT2D eigenvalue weighted by Crippen LogP contribution is 2.66. The van der Waals surface area contributed by atoms with Crippen LogP contribution in [-0.4, -0.2) is 5.92 Å². The highest BCUT2D eigenvalue weighted by Gasteiger charge is 2.59. The Balaban J connectivity index is 1.54. The maximum atomic E-state index is 14.1. The van der Waals surface area contributed by atoms with Gasteiger partial charge in [-0.05, 0) is 105 Å². The van der Waals surface area contributed by atoms with Crippen LogP contribution in [0.1, 0.15) is 85.5 Å². The van der Waals surface area contributed by atoms with E-state index in [1.807, 2.05) is 6.92 Å². The Morgan fingerprint density at radius 3 is 2.36 bits per heavy atom. The topological polar surface area (TPSA) is 0 Å². The van der Waals surface area contributed by atoms with Crippen LogP contribution in [0.4, 0.5) is 8.78 Å². The molecule has 4 saturated carbocycles. The summed E-state index contributed by atoms with van der Waals surface area (Å²) >= 11 is 0. The van der Waals surface area contributed by atoms with E-state index in [1.165, 1.54) is 51.4 Å². The van der Waals surface area contributed by atoms with Crippen molar-refractivity contribution in [3.63, 3.8) is 0 Å². The van der Waals surface area contributed by atoms with Crippen molar-refractivity contribution in [1.82, 2.24) is 0 Å². The lowest BCUT2D eigenvalue weighted by atomic mass is 9.48. The maximum absolute atomic E-state index is 14.1. The summed E-state index contributed by atoms with van der Waals surface area (Å²) in [5.74, 6) is 2.58. The molecule has 4 aliphatic carbocycles. The molecule has 0 aliphatic heterocycles. The molecule has 0 radical (unpaired) electrons. The van der Waals surface area contributed by atoms with E-state index in [1.54, 1.807) is 0 Å². The average molecular weight is 353 g/mol. The molecular formula is C23H38F2. The van der Waals surface area contributed by atoms with Gasteiger partial charge >= 0.3 is 0 Å². The number of fused-ring (bicyclic) bond motifs is 5. The van der Waals surface area contributed by atoms with Crippen LogP contribution in [0.15, 0.2) is 0 Å². The fourth-order valence-corrected chi connectivity index (χ4v) is 8.30. The molecule has 4 rings (SSSR count). The van der Waals surface area contributed by atoms with Crippen LogP contribution in [0.5, 0.6) is 0 Å². The van der Waals surface area contributed by atoms with Crippen LogP contribution in [0, 0.1) is 52.8 Å². The van der Waals surface area contributed by atoms with Crippen molar-refractivity contribution in [2.45, 2.75) is 91.4 Å². The van der Waals surface area contributed by atoms with E-state index in [4.69, 9.17) is 0 Å². The summed E-state index contributed by atoms with van der Waals surface area (Å²) in [7, 11) is 0. The second-order valence-corrected chi connectivity index (χ2v) is 10.8. The molecule has 4 aliphatic rings. The van der Waals surface area contributed by atoms with Crippen LogP contribution >= 0.6 is 0 Å². The van der Waals surface area contributed by atoms with Crippen LogP contribution in [0.2, 0.25) is 0 Å². The molecule has 0 N–H and O–H groups in total. The second kappa shape index (κ2) is 6.20. The molecule has 0 aromatic carbocycles. The van der Waals surface area contributed by atoms with Gasteiger partial charge in [0.05, 0.1) is 0 Å². The van der Waals surface area contributed by atoms with Gasteiger partial charge in [0, 0.05) is 5.92 Å². The van der Waals surface area contributed by atoms with Crippen molar-refractivity contribution in [2.75, 3.05) is 0 Å². The second-order valence-electron chi connectivity index (χ2n) is 10.8. The molecule has 25 heavy (non-hydrogen) atoms. The maximum Gasteiger partial charge on any atom is 0.248 e. The van der Waals surface area contributed by atoms with Gasteiger partial charge in [0.25, 0.3) is 0 Å². The molecule has 0 bridgehead atoms. The Bertz CT molecular complexity index is 495. The average Bonchev–Trinajstić information content (AvgIpc) is 2.89. The van der Waals surface area contributed by atoms with Crippen molar-refractivity contribution in [1.29, 1.82) is 0 Å². The third-order valence-electron chi connectivity index (χ3n) is 9.69. The number of hydrogen-bond donors (Lipinski definition) is 0. The molecule has 0 aromatic rings. The minimum Gasteiger partial charge on any atom is -0.207 e. The molecule has 0 aromatic heterocycles. The summed E-state index contributed by atoms with van der Waals surface area (Å²) in [6.45, 7) is 7.80. The molecule has 0 spiro atoms. The number of alkyl halides is 2. The van der Waals surface area contributed by atoms with Gasteiger partial charge in [-0.3, -0.25) is 0 Å². The highest BCUT2D eigenvalue weighted by atomic mass is 19.3. The predicted octanol–water partition coefficient (Wildman–Crippen LogP) is 7.18. The molecule has 2 heteroatoms. The third kappa shape index (κ3) is 2.89. The van der Waals surface area contributed by atoms with Crippen LogP contribution in [-0.2, 0) is 0 Å². The van der Waals surface area contributed by atoms with Gasteiger partial charge < -0.3 is 0 Å². The van der Waals surface area contributed by atoms with Crippen LogP contribution in [0.3, 0.4) is 0 Å². The van der Waals surface area contributed by atoms with Crippen molar-refractivity contribution in [2.24, 2.45) is 52.8 Å². The van der Waals surface area contributed by atoms with Crippen molar-refractivity contribution < 1.29 is 8.78 Å². The fourth-order valence-electron chi connectivity index (χ4n) is 8.30. The number of halogens is 2. The Hall–Kier alpha value is -0.140. The van der Waals surface area contributed by atoms with Gasteiger partial charge in [-0.15, -0.1) is 0 Å². The van der Waals surface area contributed by atoms with E-state index in [0.717, 1.165) is 48.9 Å². The number of hydrogen-bond acceptors (Lipinski definition) is 0. The third-order valence-corrected chi connectivity index (χ3v) is 9.69. The van der Waals surface area contributed by atoms with Gasteiger partial charge in [0.2, 0.25) is 5.92 Å². The van der Waals surface area contributed by atoms with Gasteiger partial charge in [-0.2, -0.15) is 0 Å². The Kier molecular flexibility index (Phi) is 4.52. The Morgan fingerprint density at radius 1 is 0.920 bits per heavy atom. The summed E-state index contributed by atoms with van der Waals surface area (Å²) in [5.41, 5.74) is 0.175. The molecule has 8 unspecified atom stereocenters. The van der Waals surface area contributed by atoms with Gasteiger partial charge in [-0.25, -0.2) is 8.78 Å². The lowest BCUT2D eigenvalue weighted by Gasteiger charge is -2.57. The van der Waals surface area contributed by atoms with Gasteiger partial charge in [-0.1, -0.05) is 27.2 Å². The molecule has 0 heterocycles. The molecule has 0 nitrogen and oxygen atoms in total. The monoisotopic (exact) mass is 352 g/mol. The quantitative estimate of drug-likeness (QED) is 0.493. The molecule has 0 saturated heterocycles. The van der Waals surface area contributed by atoms with Crippen molar-refractivity contribution >= 4 is 0 Å². The molecule has 144 valence electrons. The smallest absolute Gasteiger partial charge is 0.207 e. The lowest BCUT2D eigenvalue weighted by molar-refractivity contribution is -0.110. The van der Waals surface area contributed by atoms with E-state index < -0.39 is 11.8 Å². The largest absolute Gasteiger partial charge is 0.248 e. The zero-order valence-electron chi connectivity index (χ0n) is 16.7. The highest BCUT2D eigenvalue weighted by molar-refractivity contribution is 5.07. The first kappa shape index (κ1) is 18.2. The standard InChI is InChI=1S/C23H38F2/c1-14-5-7-17-16(13-14)6-8-19-18(17)11-12-22(3)20(9-10-21(19)22)15(2)23(4,24)25/h14-21H,5-13H2,1-4H3/t14?,15?,16?,17?,18?,19?,20?,21-,22?/m0/s1. The normalized spacial score (nSPS) is 51.4. The lowest BCUT2D eigenvalue weighted by Crippen LogP contribution is -2.50. The zero-order chi connectivity index (χ0) is 18.0. The van der Waals surface area contributed by atoms with E-state index in [0.29, 0.717) is 0 Å². The predicted molar refractivity (Wildman–Crippen MR) is 99.5 cm³/mol. The molecule has 9 atom stereocenters. The Morgan fingerprint density at radius 2 is 1.64 bits per heavy atom. The summed E-state index contributed by atoms with van der Waals surface area (Å²) in [6.07, 6.45) is 11.9. The van der Waals surface area contributed by atoms with Crippen molar-refractivity contribution in [3.8, 4) is 0 Å². The van der Waals surface area contributed by atoms with E-state index in [9.17, 15) is 8.78 Å². The molecular weight excluding hydrogens is 314 g/mol. The molecule has 0 amide bonds. The zero-order valence-corrected chi connectivity index (χ0v) is 16.7.